The molecule has 2 fully saturated rings. The molecule has 0 spiro atoms. The van der Waals surface area contributed by atoms with Gasteiger partial charge in [0.15, 0.2) is 0 Å². The highest BCUT2D eigenvalue weighted by molar-refractivity contribution is 6.30. The number of quaternary nitrogens is 1. The Kier molecular flexibility index (Phi) is 4.60. The summed E-state index contributed by atoms with van der Waals surface area (Å²) in [6, 6.07) is 6.86. The van der Waals surface area contributed by atoms with Crippen molar-refractivity contribution < 1.29 is 24.4 Å². The minimum atomic E-state index is -1.08. The van der Waals surface area contributed by atoms with Gasteiger partial charge in [-0.3, -0.25) is 14.5 Å². The van der Waals surface area contributed by atoms with E-state index in [0.29, 0.717) is 11.4 Å². The van der Waals surface area contributed by atoms with Crippen LogP contribution in [0.4, 0.5) is 0 Å². The van der Waals surface area contributed by atoms with Gasteiger partial charge in [0.1, 0.15) is 17.9 Å². The number of carbonyl (C=O) groups excluding carboxylic acids is 3. The van der Waals surface area contributed by atoms with Gasteiger partial charge in [-0.25, -0.2) is 4.79 Å². The molecule has 4 atom stereocenters. The second kappa shape index (κ2) is 6.42. The standard InChI is InChI=1S/C18H21ClN2O4/c1-4-18(17(24)25-5-2)13-12(15(22)21(3)16(13)23)14(20-18)10-6-8-11(19)9-7-10/h6-9,12-14,20H,4-5H2,1-3H3/p+1/t12-,13-,14-,18+/m0/s1. The highest BCUT2D eigenvalue weighted by Gasteiger charge is 2.71. The summed E-state index contributed by atoms with van der Waals surface area (Å²) in [5.74, 6) is -2.28. The zero-order valence-electron chi connectivity index (χ0n) is 14.5. The molecule has 0 unspecified atom stereocenters. The Hall–Kier alpha value is -1.92. The predicted molar refractivity (Wildman–Crippen MR) is 90.5 cm³/mol. The fourth-order valence-electron chi connectivity index (χ4n) is 4.20. The third-order valence-corrected chi connectivity index (χ3v) is 5.74. The number of fused-ring (bicyclic) bond motifs is 1. The normalized spacial score (nSPS) is 31.4. The zero-order valence-corrected chi connectivity index (χ0v) is 15.2. The Balaban J connectivity index is 2.10. The first-order valence-electron chi connectivity index (χ1n) is 8.47. The van der Waals surface area contributed by atoms with Crippen LogP contribution in [0.2, 0.25) is 5.02 Å². The number of ether oxygens (including phenoxy) is 1. The van der Waals surface area contributed by atoms with E-state index in [0.717, 1.165) is 10.5 Å². The third kappa shape index (κ3) is 2.55. The molecule has 0 radical (unpaired) electrons. The first-order valence-corrected chi connectivity index (χ1v) is 8.85. The quantitative estimate of drug-likeness (QED) is 0.635. The van der Waals surface area contributed by atoms with Crippen LogP contribution in [-0.4, -0.2) is 41.9 Å². The van der Waals surface area contributed by atoms with Crippen molar-refractivity contribution >= 4 is 29.4 Å². The number of nitrogens with zero attached hydrogens (tertiary/aromatic N) is 1. The van der Waals surface area contributed by atoms with E-state index in [1.807, 2.05) is 24.4 Å². The van der Waals surface area contributed by atoms with Crippen molar-refractivity contribution in [3.63, 3.8) is 0 Å². The van der Waals surface area contributed by atoms with Gasteiger partial charge in [0.25, 0.3) is 0 Å². The molecule has 3 rings (SSSR count). The van der Waals surface area contributed by atoms with Crippen molar-refractivity contribution in [1.82, 2.24) is 4.90 Å². The molecule has 2 aliphatic rings. The number of carbonyl (C=O) groups is 3. The lowest BCUT2D eigenvalue weighted by atomic mass is 9.78. The van der Waals surface area contributed by atoms with Gasteiger partial charge in [-0.15, -0.1) is 0 Å². The van der Waals surface area contributed by atoms with Crippen molar-refractivity contribution in [2.45, 2.75) is 31.8 Å². The third-order valence-electron chi connectivity index (χ3n) is 5.49. The van der Waals surface area contributed by atoms with Gasteiger partial charge in [0.05, 0.1) is 6.61 Å². The van der Waals surface area contributed by atoms with E-state index in [-0.39, 0.29) is 24.5 Å². The lowest BCUT2D eigenvalue weighted by Crippen LogP contribution is -2.98. The number of hydrogen-bond donors (Lipinski definition) is 1. The Bertz CT molecular complexity index is 720. The van der Waals surface area contributed by atoms with Crippen molar-refractivity contribution in [3.05, 3.63) is 34.9 Å². The predicted octanol–water partition coefficient (Wildman–Crippen LogP) is 0.901. The minimum absolute atomic E-state index is 0.232. The summed E-state index contributed by atoms with van der Waals surface area (Å²) in [5, 5.41) is 2.45. The number of imide groups is 1. The molecule has 6 nitrogen and oxygen atoms in total. The smallest absolute Gasteiger partial charge is 0.368 e. The highest BCUT2D eigenvalue weighted by atomic mass is 35.5. The van der Waals surface area contributed by atoms with E-state index < -0.39 is 23.3 Å². The fraction of sp³-hybridized carbons (Fsp3) is 0.500. The molecule has 0 aromatic heterocycles. The first kappa shape index (κ1) is 17.9. The van der Waals surface area contributed by atoms with E-state index >= 15 is 0 Å². The number of hydrogen-bond acceptors (Lipinski definition) is 4. The summed E-state index contributed by atoms with van der Waals surface area (Å²) in [7, 11) is 1.48. The summed E-state index contributed by atoms with van der Waals surface area (Å²) in [5.41, 5.74) is -0.210. The number of amides is 2. The molecular formula is C18H22ClN2O4+. The molecule has 134 valence electrons. The number of benzene rings is 1. The topological polar surface area (TPSA) is 80.3 Å². The van der Waals surface area contributed by atoms with Crippen LogP contribution in [0.3, 0.4) is 0 Å². The van der Waals surface area contributed by atoms with Gasteiger partial charge >= 0.3 is 5.97 Å². The average Bonchev–Trinajstić information content (AvgIpc) is 3.06. The lowest BCUT2D eigenvalue weighted by Gasteiger charge is -2.28. The zero-order chi connectivity index (χ0) is 18.4. The lowest BCUT2D eigenvalue weighted by molar-refractivity contribution is -0.734. The Labute approximate surface area is 151 Å². The van der Waals surface area contributed by atoms with Gasteiger partial charge in [-0.05, 0) is 19.1 Å². The maximum absolute atomic E-state index is 12.8. The monoisotopic (exact) mass is 365 g/mol. The van der Waals surface area contributed by atoms with Crippen LogP contribution < -0.4 is 5.32 Å². The van der Waals surface area contributed by atoms with Crippen LogP contribution in [0.25, 0.3) is 0 Å². The van der Waals surface area contributed by atoms with Crippen LogP contribution in [0, 0.1) is 11.8 Å². The highest BCUT2D eigenvalue weighted by Crippen LogP contribution is 2.45. The Morgan fingerprint density at radius 3 is 2.44 bits per heavy atom. The molecule has 2 amide bonds. The van der Waals surface area contributed by atoms with Crippen molar-refractivity contribution in [2.75, 3.05) is 13.7 Å². The molecule has 1 aromatic rings. The van der Waals surface area contributed by atoms with Gasteiger partial charge in [0.2, 0.25) is 17.4 Å². The van der Waals surface area contributed by atoms with Gasteiger partial charge < -0.3 is 10.1 Å². The van der Waals surface area contributed by atoms with E-state index in [4.69, 9.17) is 16.3 Å². The molecule has 2 aliphatic heterocycles. The van der Waals surface area contributed by atoms with E-state index in [1.165, 1.54) is 7.05 Å². The molecule has 2 N–H and O–H groups in total. The maximum atomic E-state index is 12.8. The number of rotatable bonds is 4. The Morgan fingerprint density at radius 2 is 1.88 bits per heavy atom. The molecule has 0 saturated carbocycles. The summed E-state index contributed by atoms with van der Waals surface area (Å²) in [6.45, 7) is 3.82. The average molecular weight is 366 g/mol. The van der Waals surface area contributed by atoms with E-state index in [9.17, 15) is 14.4 Å². The van der Waals surface area contributed by atoms with E-state index in [2.05, 4.69) is 0 Å². The summed E-state index contributed by atoms with van der Waals surface area (Å²) in [4.78, 5) is 39.4. The van der Waals surface area contributed by atoms with E-state index in [1.54, 1.807) is 19.1 Å². The van der Waals surface area contributed by atoms with Crippen LogP contribution in [0.1, 0.15) is 31.9 Å². The number of nitrogens with two attached hydrogens (primary N) is 1. The van der Waals surface area contributed by atoms with Crippen molar-refractivity contribution in [3.8, 4) is 0 Å². The molecular weight excluding hydrogens is 344 g/mol. The number of likely N-dealkylation sites (tertiary alicyclic amines) is 1. The Morgan fingerprint density at radius 1 is 1.24 bits per heavy atom. The molecule has 1 aromatic carbocycles. The van der Waals surface area contributed by atoms with Crippen molar-refractivity contribution in [1.29, 1.82) is 0 Å². The van der Waals surface area contributed by atoms with Crippen LogP contribution in [-0.2, 0) is 19.1 Å². The molecule has 0 bridgehead atoms. The van der Waals surface area contributed by atoms with Gasteiger partial charge in [0, 0.05) is 24.1 Å². The second-order valence-corrected chi connectivity index (χ2v) is 7.03. The van der Waals surface area contributed by atoms with Crippen molar-refractivity contribution in [2.24, 2.45) is 11.8 Å². The molecule has 25 heavy (non-hydrogen) atoms. The van der Waals surface area contributed by atoms with Crippen LogP contribution in [0.15, 0.2) is 24.3 Å². The van der Waals surface area contributed by atoms with Gasteiger partial charge in [-0.1, -0.05) is 30.7 Å². The SMILES string of the molecule is CCOC(=O)[C@]1(CC)[NH2+][C@@H](c2ccc(Cl)cc2)[C@H]2C(=O)N(C)C(=O)[C@H]21. The molecule has 0 aliphatic carbocycles. The second-order valence-electron chi connectivity index (χ2n) is 6.60. The summed E-state index contributed by atoms with van der Waals surface area (Å²) < 4.78 is 5.28. The van der Waals surface area contributed by atoms with Crippen LogP contribution in [0.5, 0.6) is 0 Å². The number of halogens is 1. The molecule has 7 heteroatoms. The largest absolute Gasteiger partial charge is 0.461 e. The van der Waals surface area contributed by atoms with Gasteiger partial charge in [-0.2, -0.15) is 0 Å². The maximum Gasteiger partial charge on any atom is 0.368 e. The minimum Gasteiger partial charge on any atom is -0.461 e. The first-order chi connectivity index (χ1) is 11.9. The molecule has 2 heterocycles. The number of esters is 1. The fourth-order valence-corrected chi connectivity index (χ4v) is 4.32. The summed E-state index contributed by atoms with van der Waals surface area (Å²) in [6.07, 6.45) is 0.407. The summed E-state index contributed by atoms with van der Waals surface area (Å²) >= 11 is 5.97. The molecule has 2 saturated heterocycles. The van der Waals surface area contributed by atoms with Crippen LogP contribution >= 0.6 is 11.6 Å².